The van der Waals surface area contributed by atoms with E-state index < -0.39 is 33.6 Å². The third-order valence-corrected chi connectivity index (χ3v) is 14.5. The summed E-state index contributed by atoms with van der Waals surface area (Å²) < 4.78 is 75.7. The van der Waals surface area contributed by atoms with E-state index in [1.807, 2.05) is 117 Å². The molecule has 67 heavy (non-hydrogen) atoms. The fraction of sp³-hybridized carbons (Fsp3) is 0.180. The first kappa shape index (κ1) is 36.7. The van der Waals surface area contributed by atoms with Gasteiger partial charge in [0.25, 0.3) is 0 Å². The summed E-state index contributed by atoms with van der Waals surface area (Å²) >= 11 is 0. The third-order valence-electron chi connectivity index (χ3n) is 12.4. The molecular formula is C61H55IrN3OSi-2. The molecule has 3 heterocycles. The molecule has 0 amide bonds. The Hall–Kier alpha value is -6.43. The molecule has 0 N–H and O–H groups in total. The van der Waals surface area contributed by atoms with Crippen LogP contribution in [0.25, 0.3) is 94.0 Å². The van der Waals surface area contributed by atoms with Gasteiger partial charge in [0.15, 0.2) is 0 Å². The van der Waals surface area contributed by atoms with Crippen LogP contribution in [0.5, 0.6) is 0 Å². The van der Waals surface area contributed by atoms with E-state index in [0.717, 1.165) is 54.7 Å². The molecule has 3 aromatic heterocycles. The number of imidazole rings is 1. The fourth-order valence-electron chi connectivity index (χ4n) is 8.94. The molecule has 0 unspecified atom stereocenters. The molecule has 11 rings (SSSR count). The van der Waals surface area contributed by atoms with Crippen LogP contribution in [0.3, 0.4) is 0 Å². The molecule has 4 nitrogen and oxygen atoms in total. The number of fused-ring (bicyclic) bond motifs is 7. The van der Waals surface area contributed by atoms with Gasteiger partial charge in [0.2, 0.25) is 0 Å². The largest absolute Gasteiger partial charge is 0.501 e. The maximum absolute atomic E-state index is 9.54. The quantitative estimate of drug-likeness (QED) is 0.0907. The molecule has 8 aromatic carbocycles. The summed E-state index contributed by atoms with van der Waals surface area (Å²) in [5.41, 5.74) is 8.45. The van der Waals surface area contributed by atoms with Gasteiger partial charge in [0.1, 0.15) is 5.58 Å². The number of benzene rings is 8. The molecule has 0 bridgehead atoms. The Morgan fingerprint density at radius 1 is 0.672 bits per heavy atom. The monoisotopic (exact) mass is 1070 g/mol. The first-order valence-corrected chi connectivity index (χ1v) is 25.8. The zero-order valence-corrected chi connectivity index (χ0v) is 42.0. The van der Waals surface area contributed by atoms with E-state index >= 15 is 0 Å². The molecule has 0 spiro atoms. The SMILES string of the molecule is [2H]C([2H])([2H])c1c[c-]c(-c2ccc([Si](C)(C)C)cn2)cc1.[2H]C([2H])([2H])c1cccc2nc(-c3[c-]ccc4c3oc3cc5c(ccc6ccccc65)cc34)n(-c3c(C([2H])(C)C)cc(-c4ccccc4)cc3C([2H])(C)C)c12.[Ir]. The van der Waals surface area contributed by atoms with Crippen molar-refractivity contribution in [2.45, 2.75) is 72.8 Å². The zero-order chi connectivity index (χ0) is 52.7. The molecule has 0 saturated heterocycles. The average molecular weight is 1070 g/mol. The molecule has 0 aliphatic rings. The van der Waals surface area contributed by atoms with Crippen molar-refractivity contribution in [3.05, 3.63) is 192 Å². The van der Waals surface area contributed by atoms with Crippen LogP contribution < -0.4 is 5.19 Å². The number of rotatable bonds is 7. The van der Waals surface area contributed by atoms with Gasteiger partial charge in [-0.2, -0.15) is 0 Å². The van der Waals surface area contributed by atoms with Crippen molar-refractivity contribution in [2.24, 2.45) is 0 Å². The van der Waals surface area contributed by atoms with Crippen LogP contribution in [0.4, 0.5) is 0 Å². The Labute approximate surface area is 420 Å². The van der Waals surface area contributed by atoms with E-state index in [2.05, 4.69) is 79.2 Å². The molecule has 335 valence electrons. The third kappa shape index (κ3) is 8.59. The van der Waals surface area contributed by atoms with Crippen LogP contribution in [0.15, 0.2) is 162 Å². The minimum absolute atomic E-state index is 0. The molecule has 0 aliphatic heterocycles. The minimum atomic E-state index is -2.48. The van der Waals surface area contributed by atoms with Crippen molar-refractivity contribution in [3.63, 3.8) is 0 Å². The Morgan fingerprint density at radius 2 is 1.43 bits per heavy atom. The van der Waals surface area contributed by atoms with Crippen LogP contribution >= 0.6 is 0 Å². The summed E-state index contributed by atoms with van der Waals surface area (Å²) in [4.78, 5) is 9.65. The zero-order valence-electron chi connectivity index (χ0n) is 46.6. The van der Waals surface area contributed by atoms with Gasteiger partial charge in [-0.3, -0.25) is 4.98 Å². The Balaban J connectivity index is 0.000000277. The van der Waals surface area contributed by atoms with Crippen molar-refractivity contribution >= 4 is 67.8 Å². The predicted octanol–water partition coefficient (Wildman–Crippen LogP) is 16.3. The van der Waals surface area contributed by atoms with Crippen molar-refractivity contribution in [1.29, 1.82) is 0 Å². The summed E-state index contributed by atoms with van der Waals surface area (Å²) in [7, 11) is -1.34. The van der Waals surface area contributed by atoms with E-state index in [-0.39, 0.29) is 25.7 Å². The number of nitrogens with zero attached hydrogens (tertiary/aromatic N) is 3. The topological polar surface area (TPSA) is 43.9 Å². The average Bonchev–Trinajstić information content (AvgIpc) is 3.96. The summed E-state index contributed by atoms with van der Waals surface area (Å²) in [6.45, 7) is 9.57. The van der Waals surface area contributed by atoms with E-state index in [1.165, 1.54) is 11.3 Å². The molecule has 0 fully saturated rings. The Morgan fingerprint density at radius 3 is 2.12 bits per heavy atom. The van der Waals surface area contributed by atoms with Gasteiger partial charge in [-0.15, -0.1) is 53.6 Å². The number of hydrogen-bond donors (Lipinski definition) is 0. The second kappa shape index (κ2) is 18.3. The normalized spacial score (nSPS) is 14.3. The van der Waals surface area contributed by atoms with Gasteiger partial charge in [-0.05, 0) is 109 Å². The van der Waals surface area contributed by atoms with Crippen LogP contribution in [0, 0.1) is 25.8 Å². The molecule has 0 atom stereocenters. The van der Waals surface area contributed by atoms with Crippen molar-refractivity contribution in [3.8, 4) is 39.5 Å². The number of hydrogen-bond acceptors (Lipinski definition) is 3. The van der Waals surface area contributed by atoms with Crippen LogP contribution in [-0.2, 0) is 20.1 Å². The number of pyridine rings is 1. The number of furan rings is 1. The summed E-state index contributed by atoms with van der Waals surface area (Å²) in [5.74, 6) is -1.91. The van der Waals surface area contributed by atoms with E-state index in [1.54, 1.807) is 24.3 Å². The molecule has 11 aromatic rings. The summed E-state index contributed by atoms with van der Waals surface area (Å²) in [6, 6.07) is 55.2. The van der Waals surface area contributed by atoms with Crippen molar-refractivity contribution in [1.82, 2.24) is 14.5 Å². The number of aromatic nitrogens is 3. The Bertz CT molecular complexity index is 3830. The second-order valence-electron chi connectivity index (χ2n) is 18.5. The van der Waals surface area contributed by atoms with Crippen LogP contribution in [0.2, 0.25) is 19.6 Å². The Kier molecular flexibility index (Phi) is 10.0. The maximum atomic E-state index is 9.54. The molecule has 1 radical (unpaired) electrons. The molecular weight excluding hydrogens is 1010 g/mol. The van der Waals surface area contributed by atoms with Gasteiger partial charge < -0.3 is 14.0 Å². The van der Waals surface area contributed by atoms with Crippen molar-refractivity contribution < 1.29 is 35.5 Å². The van der Waals surface area contributed by atoms with Gasteiger partial charge in [0.05, 0.1) is 30.5 Å². The number of para-hydroxylation sites is 1. The van der Waals surface area contributed by atoms with E-state index in [9.17, 15) is 2.74 Å². The van der Waals surface area contributed by atoms with E-state index in [4.69, 9.17) is 17.6 Å². The standard InChI is InChI=1S/C46H37N2O.C15H18NSi.Ir/c1-27(2)37-24-33(30-14-7-6-8-15-30)25-38(28(3)4)44(37)48-43-29(5)13-11-20-41(43)47-46(48)36-19-12-18-35-40-23-32-22-21-31-16-9-10-17-34(31)39(32)26-42(40)49-45(35)36;1-12-5-7-13(8-6-12)15-10-9-14(11-16-15)17(2,3)4;/h6-18,20-28H,1-5H3;5-7,9-11H,1-4H3;/q2*-1;/i5D3,27D,28D;1D3;. The summed E-state index contributed by atoms with van der Waals surface area (Å²) in [5, 5.41) is 7.59. The first-order valence-electron chi connectivity index (χ1n) is 26.3. The predicted molar refractivity (Wildman–Crippen MR) is 282 cm³/mol. The number of aryl methyl sites for hydroxylation is 2. The fourth-order valence-corrected chi connectivity index (χ4v) is 9.97. The van der Waals surface area contributed by atoms with Gasteiger partial charge >= 0.3 is 0 Å². The molecule has 6 heteroatoms. The summed E-state index contributed by atoms with van der Waals surface area (Å²) in [6.07, 6.45) is 1.92. The smallest absolute Gasteiger partial charge is 0.121 e. The van der Waals surface area contributed by atoms with Gasteiger partial charge in [-0.25, -0.2) is 0 Å². The van der Waals surface area contributed by atoms with Crippen LogP contribution in [0.1, 0.15) is 72.7 Å². The van der Waals surface area contributed by atoms with Gasteiger partial charge in [0, 0.05) is 48.3 Å². The minimum Gasteiger partial charge on any atom is -0.501 e. The van der Waals surface area contributed by atoms with E-state index in [0.29, 0.717) is 56.0 Å². The van der Waals surface area contributed by atoms with Crippen LogP contribution in [-0.4, -0.2) is 22.6 Å². The second-order valence-corrected chi connectivity index (χ2v) is 23.5. The first-order chi connectivity index (χ1) is 34.9. The van der Waals surface area contributed by atoms with Crippen molar-refractivity contribution in [2.75, 3.05) is 0 Å². The molecule has 0 aliphatic carbocycles. The maximum Gasteiger partial charge on any atom is 0.121 e. The van der Waals surface area contributed by atoms with Gasteiger partial charge in [-0.1, -0.05) is 156 Å². The molecule has 0 saturated carbocycles.